The number of hydrogen-bond donors (Lipinski definition) is 13. The van der Waals surface area contributed by atoms with Crippen LogP contribution < -0.4 is 72.8 Å². The lowest BCUT2D eigenvalue weighted by Crippen LogP contribution is -2.57. The summed E-state index contributed by atoms with van der Waals surface area (Å²) in [7, 11) is 0. The molecule has 1 aromatic carbocycles. The molecule has 0 saturated carbocycles. The third-order valence-electron chi connectivity index (χ3n) is 8.23. The lowest BCUT2D eigenvalue weighted by atomic mass is 10.0. The molecule has 0 radical (unpaired) electrons. The number of carboxylic acid groups (broad SMARTS) is 1. The van der Waals surface area contributed by atoms with E-state index >= 15 is 0 Å². The lowest BCUT2D eigenvalue weighted by molar-refractivity contribution is -0.192. The van der Waals surface area contributed by atoms with Gasteiger partial charge in [-0.05, 0) is 69.6 Å². The molecule has 62 heavy (non-hydrogen) atoms. The van der Waals surface area contributed by atoms with Gasteiger partial charge in [-0.1, -0.05) is 0 Å². The monoisotopic (exact) mass is 885 g/mol. The molecule has 21 N–H and O–H groups in total. The molecule has 1 heterocycles. The van der Waals surface area contributed by atoms with Crippen molar-refractivity contribution in [2.75, 3.05) is 25.0 Å². The number of aliphatic imine (C=N–C) groups is 3. The van der Waals surface area contributed by atoms with Crippen LogP contribution in [0.4, 0.5) is 18.9 Å². The van der Waals surface area contributed by atoms with Crippen LogP contribution in [0.15, 0.2) is 48.5 Å². The number of primary amides is 1. The van der Waals surface area contributed by atoms with Crippen LogP contribution >= 0.6 is 0 Å². The van der Waals surface area contributed by atoms with Gasteiger partial charge in [0.25, 0.3) is 0 Å². The molecule has 0 spiro atoms. The number of nitrogens with one attached hydrogen (secondary N) is 4. The van der Waals surface area contributed by atoms with Gasteiger partial charge in [-0.3, -0.25) is 38.9 Å². The molecular weight excluding hydrogens is 831 g/mol. The zero-order valence-corrected chi connectivity index (χ0v) is 33.7. The summed E-state index contributed by atoms with van der Waals surface area (Å²) in [6.07, 6.45) is -4.53. The van der Waals surface area contributed by atoms with E-state index in [1.54, 1.807) is 19.1 Å². The lowest BCUT2D eigenvalue weighted by Gasteiger charge is -2.26. The van der Waals surface area contributed by atoms with E-state index in [2.05, 4.69) is 36.2 Å². The molecule has 0 fully saturated rings. The van der Waals surface area contributed by atoms with Gasteiger partial charge in [0.15, 0.2) is 17.9 Å². The first-order chi connectivity index (χ1) is 28.9. The maximum absolute atomic E-state index is 13.9. The fraction of sp³-hybridized carbons (Fsp3) is 0.486. The third kappa shape index (κ3) is 21.2. The smallest absolute Gasteiger partial charge is 0.475 e. The van der Waals surface area contributed by atoms with Crippen LogP contribution in [-0.2, 0) is 28.8 Å². The summed E-state index contributed by atoms with van der Waals surface area (Å²) in [5.41, 5.74) is 44.4. The van der Waals surface area contributed by atoms with Crippen molar-refractivity contribution in [1.29, 1.82) is 0 Å². The number of fused-ring (bicyclic) bond motifs is 1. The number of carbonyl (C=O) groups is 6. The number of halogens is 3. The first-order valence-corrected chi connectivity index (χ1v) is 18.7. The molecule has 0 bridgehead atoms. The van der Waals surface area contributed by atoms with Crippen LogP contribution in [0, 0.1) is 6.92 Å². The molecule has 0 saturated heterocycles. The van der Waals surface area contributed by atoms with E-state index in [-0.39, 0.29) is 93.7 Å². The second-order valence-electron chi connectivity index (χ2n) is 13.4. The Morgan fingerprint density at radius 3 is 1.58 bits per heavy atom. The van der Waals surface area contributed by atoms with Gasteiger partial charge in [0.05, 0.1) is 6.04 Å². The quantitative estimate of drug-likeness (QED) is 0.0227. The maximum atomic E-state index is 13.9. The van der Waals surface area contributed by atoms with Crippen LogP contribution in [0.5, 0.6) is 0 Å². The molecule has 2 aromatic rings. The minimum atomic E-state index is -5.08. The summed E-state index contributed by atoms with van der Waals surface area (Å²) in [5, 5.41) is 18.3. The highest BCUT2D eigenvalue weighted by Gasteiger charge is 2.38. The van der Waals surface area contributed by atoms with Crippen LogP contribution in [-0.4, -0.2) is 108 Å². The van der Waals surface area contributed by atoms with Crippen molar-refractivity contribution < 1.29 is 51.5 Å². The molecule has 27 heteroatoms. The largest absolute Gasteiger partial charge is 0.490 e. The van der Waals surface area contributed by atoms with Crippen LogP contribution in [0.1, 0.15) is 56.9 Å². The van der Waals surface area contributed by atoms with Gasteiger partial charge in [-0.25, -0.2) is 9.59 Å². The Balaban J connectivity index is 0.00000251. The van der Waals surface area contributed by atoms with Crippen molar-refractivity contribution >= 4 is 70.0 Å². The number of alkyl halides is 3. The first-order valence-electron chi connectivity index (χ1n) is 18.7. The fourth-order valence-corrected chi connectivity index (χ4v) is 5.21. The highest BCUT2D eigenvalue weighted by molar-refractivity contribution is 6.00. The fourth-order valence-electron chi connectivity index (χ4n) is 5.21. The molecular formula is C35H54F3N15O9. The number of carbonyl (C=O) groups excluding carboxylic acids is 5. The van der Waals surface area contributed by atoms with Gasteiger partial charge < -0.3 is 76.7 Å². The molecule has 2 rings (SSSR count). The van der Waals surface area contributed by atoms with Crippen LogP contribution in [0.25, 0.3) is 11.0 Å². The Morgan fingerprint density at radius 1 is 0.694 bits per heavy atom. The summed E-state index contributed by atoms with van der Waals surface area (Å²) in [6, 6.07) is 1.25. The number of amides is 5. The Labute approximate surface area is 351 Å². The summed E-state index contributed by atoms with van der Waals surface area (Å²) >= 11 is 0. The third-order valence-corrected chi connectivity index (χ3v) is 8.23. The van der Waals surface area contributed by atoms with Crippen LogP contribution in [0.2, 0.25) is 0 Å². The average Bonchev–Trinajstić information content (AvgIpc) is 3.16. The van der Waals surface area contributed by atoms with E-state index in [1.165, 1.54) is 12.1 Å². The molecule has 0 unspecified atom stereocenters. The second-order valence-corrected chi connectivity index (χ2v) is 13.4. The van der Waals surface area contributed by atoms with Crippen LogP contribution in [0.3, 0.4) is 0 Å². The topological polar surface area (TPSA) is 446 Å². The number of aryl methyl sites for hydroxylation is 1. The molecule has 0 aliphatic heterocycles. The predicted molar refractivity (Wildman–Crippen MR) is 221 cm³/mol. The average molecular weight is 886 g/mol. The number of nitrogens with zero attached hydrogens (tertiary/aromatic N) is 3. The SMILES string of the molecule is Cc1cc(=O)oc2cc(NC(=O)[C@H](CCCN=C(N)N)NC(=O)[C@H](CCCN=C(N)N)NC(=O)[C@H](CCC(N)=O)NC(=O)[C@@H](N)CCCN=C(N)N)ccc12.O=C(O)C(F)(F)F. The van der Waals surface area contributed by atoms with Gasteiger partial charge in [0.1, 0.15) is 23.7 Å². The molecule has 5 amide bonds. The number of rotatable bonds is 23. The summed E-state index contributed by atoms with van der Waals surface area (Å²) in [4.78, 5) is 98.2. The van der Waals surface area contributed by atoms with E-state index in [9.17, 15) is 41.9 Å². The Morgan fingerprint density at radius 2 is 1.13 bits per heavy atom. The van der Waals surface area contributed by atoms with Gasteiger partial charge in [-0.2, -0.15) is 13.2 Å². The minimum Gasteiger partial charge on any atom is -0.475 e. The Bertz CT molecular complexity index is 2010. The van der Waals surface area contributed by atoms with E-state index in [0.29, 0.717) is 17.4 Å². The first kappa shape index (κ1) is 52.8. The second kappa shape index (κ2) is 26.1. The number of aliphatic carboxylic acids is 1. The van der Waals surface area contributed by atoms with Crippen molar-refractivity contribution in [2.45, 2.75) is 88.6 Å². The van der Waals surface area contributed by atoms with E-state index in [1.807, 2.05) is 0 Å². The van der Waals surface area contributed by atoms with E-state index in [4.69, 9.17) is 60.2 Å². The van der Waals surface area contributed by atoms with E-state index in [0.717, 1.165) is 0 Å². The Kier molecular flexibility index (Phi) is 22.2. The highest BCUT2D eigenvalue weighted by atomic mass is 19.4. The van der Waals surface area contributed by atoms with E-state index < -0.39 is 71.5 Å². The van der Waals surface area contributed by atoms with Gasteiger partial charge in [-0.15, -0.1) is 0 Å². The minimum absolute atomic E-state index is 0.0134. The number of guanidine groups is 3. The molecule has 24 nitrogen and oxygen atoms in total. The normalized spacial score (nSPS) is 12.7. The molecule has 1 aromatic heterocycles. The number of benzene rings is 1. The molecule has 4 atom stereocenters. The summed E-state index contributed by atoms with van der Waals surface area (Å²) in [5.74, 6) is -6.90. The van der Waals surface area contributed by atoms with Crippen molar-refractivity contribution in [1.82, 2.24) is 16.0 Å². The predicted octanol–water partition coefficient (Wildman–Crippen LogP) is -3.12. The number of carboxylic acids is 1. The number of anilines is 1. The van der Waals surface area contributed by atoms with Gasteiger partial charge in [0.2, 0.25) is 29.5 Å². The highest BCUT2D eigenvalue weighted by Crippen LogP contribution is 2.21. The van der Waals surface area contributed by atoms with Gasteiger partial charge in [0, 0.05) is 49.3 Å². The zero-order valence-electron chi connectivity index (χ0n) is 33.7. The standard InChI is InChI=1S/C33H53N15O7.C2HF3O2/c1-17-15-26(50)55-24-16-18(8-9-19(17)24)45-28(52)21(6-3-13-43-32(38)39)47-29(53)22(7-4-14-44-33(40)41)48-30(54)23(10-11-25(35)49)46-27(51)20(34)5-2-12-42-31(36)37;3-2(4,5)1(6)7/h8-9,15-16,20-23H,2-7,10-14,34H2,1H3,(H2,35,49)(H,45,52)(H,46,51)(H,47,53)(H,48,54)(H4,36,37,42)(H4,38,39,43)(H4,40,41,44);(H,6,7)/t20-,21-,22-,23-;/m0./s1. The molecule has 0 aliphatic rings. The summed E-state index contributed by atoms with van der Waals surface area (Å²) < 4.78 is 37.0. The Hall–Kier alpha value is -7.19. The van der Waals surface area contributed by atoms with Crippen molar-refractivity contribution in [3.8, 4) is 0 Å². The molecule has 0 aliphatic carbocycles. The maximum Gasteiger partial charge on any atom is 0.490 e. The van der Waals surface area contributed by atoms with Crippen molar-refractivity contribution in [2.24, 2.45) is 60.8 Å². The van der Waals surface area contributed by atoms with Crippen molar-refractivity contribution in [3.05, 3.63) is 40.2 Å². The zero-order chi connectivity index (χ0) is 47.2. The van der Waals surface area contributed by atoms with Gasteiger partial charge >= 0.3 is 17.8 Å². The number of nitrogens with two attached hydrogens (primary N) is 8. The van der Waals surface area contributed by atoms with Crippen molar-refractivity contribution in [3.63, 3.8) is 0 Å². The summed E-state index contributed by atoms with van der Waals surface area (Å²) in [6.45, 7) is 2.20. The molecule has 344 valence electrons. The number of hydrogen-bond acceptors (Lipinski definition) is 12.